The van der Waals surface area contributed by atoms with Crippen LogP contribution < -0.4 is 0 Å². The molecule has 0 saturated carbocycles. The third kappa shape index (κ3) is 12.5. The summed E-state index contributed by atoms with van der Waals surface area (Å²) < 4.78 is 0. The number of hydrogen-bond acceptors (Lipinski definition) is 4. The molecule has 158 valence electrons. The fraction of sp³-hybridized carbons (Fsp3) is 0.667. The summed E-state index contributed by atoms with van der Waals surface area (Å²) in [5, 5.41) is 0. The number of rotatable bonds is 16. The molecule has 28 heavy (non-hydrogen) atoms. The molecule has 0 fully saturated rings. The standard InChI is InChI=1S/C24H38O4/c1-7-8-9-10-18(4)14-23(27)20(6)16-24(28)19(5)15-22(26)12-11-21(25)13-17(2)3/h7,13,18-20H,1,8-12,14-16H2,2-6H3/t18-,19-,20-/m0/s1. The van der Waals surface area contributed by atoms with Gasteiger partial charge in [0.25, 0.3) is 0 Å². The first-order valence-electron chi connectivity index (χ1n) is 10.4. The van der Waals surface area contributed by atoms with Gasteiger partial charge in [0.1, 0.15) is 17.3 Å². The first-order chi connectivity index (χ1) is 13.1. The normalized spacial score (nSPS) is 13.9. The summed E-state index contributed by atoms with van der Waals surface area (Å²) in [7, 11) is 0. The fourth-order valence-electron chi connectivity index (χ4n) is 3.09. The number of unbranched alkanes of at least 4 members (excludes halogenated alkanes) is 1. The van der Waals surface area contributed by atoms with Crippen molar-refractivity contribution < 1.29 is 19.2 Å². The summed E-state index contributed by atoms with van der Waals surface area (Å²) in [5.41, 5.74) is 0.912. The van der Waals surface area contributed by atoms with Crippen molar-refractivity contribution in [1.82, 2.24) is 0 Å². The zero-order valence-corrected chi connectivity index (χ0v) is 18.4. The highest BCUT2D eigenvalue weighted by Gasteiger charge is 2.23. The van der Waals surface area contributed by atoms with E-state index in [1.807, 2.05) is 19.9 Å². The van der Waals surface area contributed by atoms with Crippen LogP contribution in [-0.2, 0) is 19.2 Å². The van der Waals surface area contributed by atoms with E-state index in [1.54, 1.807) is 13.8 Å². The Morgan fingerprint density at radius 3 is 2.00 bits per heavy atom. The van der Waals surface area contributed by atoms with E-state index in [2.05, 4.69) is 13.5 Å². The van der Waals surface area contributed by atoms with E-state index < -0.39 is 5.92 Å². The minimum Gasteiger partial charge on any atom is -0.300 e. The topological polar surface area (TPSA) is 68.3 Å². The number of ketones is 4. The Kier molecular flexibility index (Phi) is 13.3. The van der Waals surface area contributed by atoms with Gasteiger partial charge in [0.2, 0.25) is 0 Å². The van der Waals surface area contributed by atoms with Crippen LogP contribution in [0.3, 0.4) is 0 Å². The molecule has 0 heterocycles. The van der Waals surface area contributed by atoms with Gasteiger partial charge >= 0.3 is 0 Å². The largest absolute Gasteiger partial charge is 0.300 e. The molecule has 0 radical (unpaired) electrons. The molecule has 0 aromatic heterocycles. The van der Waals surface area contributed by atoms with Crippen LogP contribution in [0.1, 0.15) is 86.0 Å². The molecule has 0 aromatic carbocycles. The molecule has 0 spiro atoms. The van der Waals surface area contributed by atoms with Gasteiger partial charge in [-0.3, -0.25) is 19.2 Å². The van der Waals surface area contributed by atoms with Crippen molar-refractivity contribution in [3.63, 3.8) is 0 Å². The zero-order chi connectivity index (χ0) is 21.7. The zero-order valence-electron chi connectivity index (χ0n) is 18.4. The van der Waals surface area contributed by atoms with Gasteiger partial charge in [-0.25, -0.2) is 0 Å². The third-order valence-electron chi connectivity index (χ3n) is 4.90. The highest BCUT2D eigenvalue weighted by Crippen LogP contribution is 2.19. The summed E-state index contributed by atoms with van der Waals surface area (Å²) in [5.74, 6) is -0.491. The predicted octanol–water partition coefficient (Wildman–Crippen LogP) is 5.44. The lowest BCUT2D eigenvalue weighted by molar-refractivity contribution is -0.131. The molecule has 0 aliphatic heterocycles. The second-order valence-corrected chi connectivity index (χ2v) is 8.40. The Balaban J connectivity index is 4.31. The second kappa shape index (κ2) is 14.2. The quantitative estimate of drug-likeness (QED) is 0.200. The Labute approximate surface area is 170 Å². The molecule has 0 rings (SSSR count). The lowest BCUT2D eigenvalue weighted by atomic mass is 9.87. The average Bonchev–Trinajstić information content (AvgIpc) is 2.59. The Morgan fingerprint density at radius 2 is 1.43 bits per heavy atom. The molecule has 0 aliphatic rings. The molecule has 0 bridgehead atoms. The monoisotopic (exact) mass is 390 g/mol. The van der Waals surface area contributed by atoms with Crippen molar-refractivity contribution in [1.29, 1.82) is 0 Å². The lowest BCUT2D eigenvalue weighted by Gasteiger charge is -2.16. The molecule has 0 amide bonds. The number of carbonyl (C=O) groups is 4. The van der Waals surface area contributed by atoms with Gasteiger partial charge in [0.15, 0.2) is 5.78 Å². The maximum atomic E-state index is 12.4. The van der Waals surface area contributed by atoms with Gasteiger partial charge < -0.3 is 0 Å². The van der Waals surface area contributed by atoms with E-state index in [-0.39, 0.29) is 54.7 Å². The van der Waals surface area contributed by atoms with Gasteiger partial charge in [-0.05, 0) is 45.1 Å². The summed E-state index contributed by atoms with van der Waals surface area (Å²) in [6.07, 6.45) is 7.55. The summed E-state index contributed by atoms with van der Waals surface area (Å²) in [6, 6.07) is 0. The third-order valence-corrected chi connectivity index (χ3v) is 4.90. The van der Waals surface area contributed by atoms with Crippen molar-refractivity contribution >= 4 is 23.1 Å². The molecule has 0 saturated heterocycles. The summed E-state index contributed by atoms with van der Waals surface area (Å²) in [4.78, 5) is 48.4. The molecule has 0 aliphatic carbocycles. The van der Waals surface area contributed by atoms with E-state index in [4.69, 9.17) is 0 Å². The number of hydrogen-bond donors (Lipinski definition) is 0. The first-order valence-corrected chi connectivity index (χ1v) is 10.4. The minimum absolute atomic E-state index is 0.0517. The molecule has 4 nitrogen and oxygen atoms in total. The molecule has 0 N–H and O–H groups in total. The van der Waals surface area contributed by atoms with Crippen LogP contribution >= 0.6 is 0 Å². The lowest BCUT2D eigenvalue weighted by Crippen LogP contribution is -2.22. The summed E-state index contributed by atoms with van der Waals surface area (Å²) >= 11 is 0. The highest BCUT2D eigenvalue weighted by atomic mass is 16.1. The van der Waals surface area contributed by atoms with Crippen LogP contribution in [-0.4, -0.2) is 23.1 Å². The van der Waals surface area contributed by atoms with Crippen molar-refractivity contribution in [2.75, 3.05) is 0 Å². The molecule has 0 unspecified atom stereocenters. The van der Waals surface area contributed by atoms with Crippen LogP contribution in [0.5, 0.6) is 0 Å². The molecule has 0 aromatic rings. The van der Waals surface area contributed by atoms with Crippen LogP contribution in [0.25, 0.3) is 0 Å². The van der Waals surface area contributed by atoms with Gasteiger partial charge in [-0.2, -0.15) is 0 Å². The number of Topliss-reactive ketones (excluding diaryl/α,β-unsaturated/α-hetero) is 3. The van der Waals surface area contributed by atoms with E-state index in [9.17, 15) is 19.2 Å². The van der Waals surface area contributed by atoms with Crippen molar-refractivity contribution in [3.8, 4) is 0 Å². The predicted molar refractivity (Wildman–Crippen MR) is 114 cm³/mol. The van der Waals surface area contributed by atoms with Gasteiger partial charge in [0, 0.05) is 43.9 Å². The second-order valence-electron chi connectivity index (χ2n) is 8.40. The molecular weight excluding hydrogens is 352 g/mol. The number of allylic oxidation sites excluding steroid dienone is 3. The maximum absolute atomic E-state index is 12.4. The van der Waals surface area contributed by atoms with Gasteiger partial charge in [-0.15, -0.1) is 6.58 Å². The average molecular weight is 391 g/mol. The van der Waals surface area contributed by atoms with E-state index in [0.717, 1.165) is 24.8 Å². The van der Waals surface area contributed by atoms with Crippen LogP contribution in [0.4, 0.5) is 0 Å². The molecular formula is C24H38O4. The molecule has 4 heteroatoms. The van der Waals surface area contributed by atoms with Crippen molar-refractivity contribution in [2.45, 2.75) is 86.0 Å². The minimum atomic E-state index is -0.411. The van der Waals surface area contributed by atoms with E-state index >= 15 is 0 Å². The SMILES string of the molecule is C=CCCC[C@H](C)CC(=O)[C@@H](C)CC(=O)[C@@H](C)CC(=O)CCC(=O)C=C(C)C. The van der Waals surface area contributed by atoms with E-state index in [1.165, 1.54) is 6.08 Å². The Hall–Kier alpha value is -1.84. The smallest absolute Gasteiger partial charge is 0.156 e. The van der Waals surface area contributed by atoms with Crippen molar-refractivity contribution in [3.05, 3.63) is 24.3 Å². The van der Waals surface area contributed by atoms with Gasteiger partial charge in [0.05, 0.1) is 0 Å². The highest BCUT2D eigenvalue weighted by molar-refractivity contribution is 5.95. The van der Waals surface area contributed by atoms with Crippen LogP contribution in [0, 0.1) is 17.8 Å². The Morgan fingerprint density at radius 1 is 0.857 bits per heavy atom. The van der Waals surface area contributed by atoms with E-state index in [0.29, 0.717) is 12.3 Å². The fourth-order valence-corrected chi connectivity index (χ4v) is 3.09. The van der Waals surface area contributed by atoms with Crippen LogP contribution in [0.2, 0.25) is 0 Å². The number of carbonyl (C=O) groups excluding carboxylic acids is 4. The van der Waals surface area contributed by atoms with Gasteiger partial charge in [-0.1, -0.05) is 32.4 Å². The van der Waals surface area contributed by atoms with Crippen molar-refractivity contribution in [2.24, 2.45) is 17.8 Å². The summed E-state index contributed by atoms with van der Waals surface area (Å²) in [6.45, 7) is 13.0. The first kappa shape index (κ1) is 26.2. The Bertz CT molecular complexity index is 581. The molecule has 3 atom stereocenters. The van der Waals surface area contributed by atoms with Crippen LogP contribution in [0.15, 0.2) is 24.3 Å². The maximum Gasteiger partial charge on any atom is 0.156 e.